The van der Waals surface area contributed by atoms with Gasteiger partial charge in [0, 0.05) is 36.2 Å². The summed E-state index contributed by atoms with van der Waals surface area (Å²) < 4.78 is 77.3. The highest BCUT2D eigenvalue weighted by atomic mass is 32.2. The second-order valence-electron chi connectivity index (χ2n) is 10.8. The summed E-state index contributed by atoms with van der Waals surface area (Å²) in [6, 6.07) is 10.5. The molecule has 1 unspecified atom stereocenters. The monoisotopic (exact) mass is 624 g/mol. The molecule has 0 spiro atoms. The van der Waals surface area contributed by atoms with Gasteiger partial charge in [0.15, 0.2) is 0 Å². The van der Waals surface area contributed by atoms with Crippen LogP contribution in [0, 0.1) is 5.82 Å². The highest BCUT2D eigenvalue weighted by Crippen LogP contribution is 2.32. The predicted molar refractivity (Wildman–Crippen MR) is 164 cm³/mol. The fourth-order valence-electron chi connectivity index (χ4n) is 3.70. The fourth-order valence-corrected chi connectivity index (χ4v) is 6.21. The van der Waals surface area contributed by atoms with Crippen molar-refractivity contribution >= 4 is 39.7 Å². The molecule has 0 aliphatic carbocycles. The molecule has 2 aromatic rings. The lowest BCUT2D eigenvalue weighted by Gasteiger charge is -2.36. The molecule has 9 nitrogen and oxygen atoms in total. The molecule has 2 N–H and O–H groups in total. The molecule has 0 fully saturated rings. The molecular formula is C29H38F2N4O5S2. The number of carbonyl (C=O) groups is 1. The lowest BCUT2D eigenvalue weighted by Crippen LogP contribution is -2.54. The maximum absolute atomic E-state index is 15.4. The molecule has 42 heavy (non-hydrogen) atoms. The molecule has 0 saturated heterocycles. The highest BCUT2D eigenvalue weighted by Gasteiger charge is 2.43. The number of nitrogens with zero attached hydrogens (tertiary/aromatic N) is 2. The minimum Gasteiger partial charge on any atom is -0.598 e. The number of hydrogen-bond donors (Lipinski definition) is 2. The van der Waals surface area contributed by atoms with Crippen LogP contribution in [-0.4, -0.2) is 54.6 Å². The first kappa shape index (κ1) is 35.1. The number of aliphatic imine (C=N–C) groups is 1. The Balaban J connectivity index is 2.50. The number of anilines is 1. The van der Waals surface area contributed by atoms with Crippen LogP contribution in [0.5, 0.6) is 5.75 Å². The summed E-state index contributed by atoms with van der Waals surface area (Å²) in [4.78, 5) is 16.3. The number of halogens is 2. The van der Waals surface area contributed by atoms with E-state index in [9.17, 15) is 22.2 Å². The number of benzene rings is 2. The number of nitrogens with one attached hydrogen (secondary N) is 2. The molecule has 0 aliphatic heterocycles. The van der Waals surface area contributed by atoms with Crippen molar-refractivity contribution in [2.75, 3.05) is 25.2 Å². The smallest absolute Gasteiger partial charge is 0.274 e. The second kappa shape index (κ2) is 14.4. The molecule has 0 aromatic heterocycles. The van der Waals surface area contributed by atoms with Crippen LogP contribution in [0.1, 0.15) is 45.7 Å². The quantitative estimate of drug-likeness (QED) is 0.141. The molecule has 0 aliphatic rings. The van der Waals surface area contributed by atoms with Crippen molar-refractivity contribution < 1.29 is 31.3 Å². The second-order valence-corrected chi connectivity index (χ2v) is 14.8. The van der Waals surface area contributed by atoms with Gasteiger partial charge in [0.05, 0.1) is 18.7 Å². The Morgan fingerprint density at radius 1 is 1.17 bits per heavy atom. The van der Waals surface area contributed by atoms with Gasteiger partial charge >= 0.3 is 0 Å². The maximum atomic E-state index is 15.4. The van der Waals surface area contributed by atoms with Crippen LogP contribution in [0.15, 0.2) is 71.1 Å². The van der Waals surface area contributed by atoms with Crippen LogP contribution in [0.2, 0.25) is 0 Å². The van der Waals surface area contributed by atoms with E-state index in [1.807, 2.05) is 0 Å². The standard InChI is InChI=1S/C29H38F2N4O5S2/c1-20(30)9-16-26(32-6)27(36)33-22-12-15-25(31)24(17-22)29(5,34-41(37)28(2,3)4)19-42(38,39)35(7)18-21-10-13-23(40-8)14-11-21/h9-17,34H,6,18-19H2,1-5,7-8H3,(H,33,36)/b20-9+,26-16-/t29-,41?/m0/s1. The summed E-state index contributed by atoms with van der Waals surface area (Å²) in [6.45, 7) is 11.0. The first-order valence-electron chi connectivity index (χ1n) is 12.8. The van der Waals surface area contributed by atoms with Crippen molar-refractivity contribution in [3.8, 4) is 5.75 Å². The molecule has 2 aromatic carbocycles. The van der Waals surface area contributed by atoms with Gasteiger partial charge in [-0.05, 0) is 89.4 Å². The minimum atomic E-state index is -4.08. The molecule has 13 heteroatoms. The minimum absolute atomic E-state index is 0.0276. The summed E-state index contributed by atoms with van der Waals surface area (Å²) in [7, 11) is -1.15. The van der Waals surface area contributed by atoms with Crippen molar-refractivity contribution in [3.63, 3.8) is 0 Å². The highest BCUT2D eigenvalue weighted by molar-refractivity contribution is 7.91. The number of allylic oxidation sites excluding steroid dienone is 3. The summed E-state index contributed by atoms with van der Waals surface area (Å²) in [5, 5.41) is 2.53. The van der Waals surface area contributed by atoms with E-state index in [4.69, 9.17) is 4.74 Å². The number of amides is 1. The van der Waals surface area contributed by atoms with Crippen LogP contribution in [0.25, 0.3) is 0 Å². The van der Waals surface area contributed by atoms with Gasteiger partial charge < -0.3 is 14.6 Å². The molecule has 2 rings (SSSR count). The molecular weight excluding hydrogens is 586 g/mol. The van der Waals surface area contributed by atoms with Gasteiger partial charge in [-0.1, -0.05) is 12.1 Å². The van der Waals surface area contributed by atoms with Crippen LogP contribution >= 0.6 is 0 Å². The third-order valence-electron chi connectivity index (χ3n) is 6.08. The van der Waals surface area contributed by atoms with Gasteiger partial charge in [-0.3, -0.25) is 9.79 Å². The van der Waals surface area contributed by atoms with E-state index in [0.717, 1.165) is 22.5 Å². The van der Waals surface area contributed by atoms with Crippen LogP contribution in [0.4, 0.5) is 14.5 Å². The van der Waals surface area contributed by atoms with Crippen molar-refractivity contribution in [1.82, 2.24) is 9.03 Å². The average Bonchev–Trinajstić information content (AvgIpc) is 2.89. The van der Waals surface area contributed by atoms with Crippen molar-refractivity contribution in [2.45, 2.75) is 51.4 Å². The fraction of sp³-hybridized carbons (Fsp3) is 0.379. The molecule has 0 saturated carbocycles. The van der Waals surface area contributed by atoms with Crippen molar-refractivity contribution in [2.24, 2.45) is 4.99 Å². The molecule has 1 amide bonds. The lowest BCUT2D eigenvalue weighted by molar-refractivity contribution is -0.112. The normalized spacial score (nSPS) is 15.2. The molecule has 2 atom stereocenters. The Morgan fingerprint density at radius 3 is 2.31 bits per heavy atom. The number of carbonyl (C=O) groups excluding carboxylic acids is 1. The summed E-state index contributed by atoms with van der Waals surface area (Å²) >= 11 is -1.81. The van der Waals surface area contributed by atoms with Gasteiger partial charge in [0.25, 0.3) is 5.91 Å². The number of ether oxygens (including phenoxy) is 1. The third kappa shape index (κ3) is 9.73. The zero-order valence-corrected chi connectivity index (χ0v) is 26.5. The predicted octanol–water partition coefficient (Wildman–Crippen LogP) is 4.96. The summed E-state index contributed by atoms with van der Waals surface area (Å²) in [6.07, 6.45) is 2.17. The van der Waals surface area contributed by atoms with E-state index in [1.54, 1.807) is 45.0 Å². The Morgan fingerprint density at radius 2 is 1.79 bits per heavy atom. The van der Waals surface area contributed by atoms with Crippen LogP contribution in [-0.2, 0) is 38.3 Å². The molecule has 0 heterocycles. The zero-order valence-electron chi connectivity index (χ0n) is 24.8. The third-order valence-corrected chi connectivity index (χ3v) is 9.85. The Hall–Kier alpha value is -3.10. The van der Waals surface area contributed by atoms with Crippen molar-refractivity contribution in [1.29, 1.82) is 0 Å². The van der Waals surface area contributed by atoms with Gasteiger partial charge in [0.2, 0.25) is 10.0 Å². The number of rotatable bonds is 13. The zero-order chi connectivity index (χ0) is 31.9. The van der Waals surface area contributed by atoms with Gasteiger partial charge in [0.1, 0.15) is 27.5 Å². The maximum Gasteiger partial charge on any atom is 0.274 e. The Labute approximate surface area is 250 Å². The van der Waals surface area contributed by atoms with Crippen LogP contribution in [0.3, 0.4) is 0 Å². The van der Waals surface area contributed by atoms with Gasteiger partial charge in [-0.15, -0.1) is 4.72 Å². The summed E-state index contributed by atoms with van der Waals surface area (Å²) in [5.41, 5.74) is -1.25. The van der Waals surface area contributed by atoms with Gasteiger partial charge in [-0.25, -0.2) is 21.5 Å². The van der Waals surface area contributed by atoms with E-state index >= 15 is 4.39 Å². The number of methoxy groups -OCH3 is 1. The van der Waals surface area contributed by atoms with Gasteiger partial charge in [-0.2, -0.15) is 0 Å². The van der Waals surface area contributed by atoms with E-state index in [1.165, 1.54) is 40.1 Å². The van der Waals surface area contributed by atoms with Crippen molar-refractivity contribution in [3.05, 3.63) is 83.1 Å². The van der Waals surface area contributed by atoms with E-state index in [-0.39, 0.29) is 23.5 Å². The van der Waals surface area contributed by atoms with E-state index in [0.29, 0.717) is 11.3 Å². The first-order valence-corrected chi connectivity index (χ1v) is 15.6. The number of hydrogen-bond acceptors (Lipinski definition) is 7. The SMILES string of the molecule is C=N/C(=C\C=C(/C)F)C(=O)Nc1ccc(F)c([C@](C)(CS(=O)(=O)N(C)Cc2ccc(OC)cc2)N[S+]([O-])C(C)(C)C)c1. The largest absolute Gasteiger partial charge is 0.598 e. The molecule has 0 bridgehead atoms. The van der Waals surface area contributed by atoms with E-state index in [2.05, 4.69) is 21.7 Å². The molecule has 230 valence electrons. The average molecular weight is 625 g/mol. The summed E-state index contributed by atoms with van der Waals surface area (Å²) in [5.74, 6) is -2.13. The lowest BCUT2D eigenvalue weighted by atomic mass is 9.94. The van der Waals surface area contributed by atoms with E-state index < -0.39 is 55.0 Å². The number of sulfonamides is 1. The Kier molecular flexibility index (Phi) is 12.0. The topological polar surface area (TPSA) is 123 Å². The first-order chi connectivity index (χ1) is 19.4. The Bertz CT molecular complexity index is 1440. The molecule has 0 radical (unpaired) electrons. The van der Waals surface area contributed by atoms with Crippen LogP contribution < -0.4 is 14.8 Å².